The SMILES string of the molecule is C.CCOC(=O)c1c(CN(C)C)n(C)c2cc(-c3cccnc3)c3c(c12)CN(C)C(c1ccc(F)cc1)O3.Cl. The first-order valence-electron chi connectivity index (χ1n) is 12.3. The number of ether oxygens (including phenoxy) is 2. The van der Waals surface area contributed by atoms with Crippen LogP contribution >= 0.6 is 12.4 Å². The third kappa shape index (κ3) is 5.50. The fraction of sp³-hybridized carbons (Fsp3) is 0.333. The largest absolute Gasteiger partial charge is 0.470 e. The minimum Gasteiger partial charge on any atom is -0.470 e. The molecule has 1 aliphatic heterocycles. The summed E-state index contributed by atoms with van der Waals surface area (Å²) in [4.78, 5) is 21.8. The summed E-state index contributed by atoms with van der Waals surface area (Å²) in [7, 11) is 7.91. The van der Waals surface area contributed by atoms with Gasteiger partial charge in [-0.15, -0.1) is 12.4 Å². The molecule has 2 aromatic heterocycles. The summed E-state index contributed by atoms with van der Waals surface area (Å²) < 4.78 is 28.0. The summed E-state index contributed by atoms with van der Waals surface area (Å²) in [5.41, 5.74) is 5.94. The average molecular weight is 555 g/mol. The Balaban J connectivity index is 0.00000210. The minimum absolute atomic E-state index is 0. The molecule has 1 aliphatic rings. The van der Waals surface area contributed by atoms with E-state index in [1.807, 2.05) is 58.3 Å². The van der Waals surface area contributed by atoms with E-state index in [4.69, 9.17) is 9.47 Å². The Hall–Kier alpha value is -3.46. The van der Waals surface area contributed by atoms with Gasteiger partial charge in [-0.1, -0.05) is 25.6 Å². The normalized spacial score (nSPS) is 14.8. The lowest BCUT2D eigenvalue weighted by Gasteiger charge is -2.36. The van der Waals surface area contributed by atoms with Crippen molar-refractivity contribution in [3.05, 3.63) is 83.1 Å². The molecule has 4 aromatic rings. The zero-order valence-corrected chi connectivity index (χ0v) is 23.0. The van der Waals surface area contributed by atoms with E-state index in [-0.39, 0.29) is 38.2 Å². The number of fused-ring (bicyclic) bond motifs is 3. The highest BCUT2D eigenvalue weighted by molar-refractivity contribution is 6.09. The van der Waals surface area contributed by atoms with Gasteiger partial charge in [0.15, 0.2) is 6.23 Å². The molecule has 7 nitrogen and oxygen atoms in total. The maximum Gasteiger partial charge on any atom is 0.340 e. The molecule has 3 heterocycles. The maximum atomic E-state index is 13.7. The summed E-state index contributed by atoms with van der Waals surface area (Å²) in [6, 6.07) is 12.3. The standard InChI is InChI=1S/C29H31FN4O3.CH4.ClH/c1-6-36-29(35)26-24(17-32(2)3)34(5)23-14-21(19-8-7-13-31-15-19)27-22(25(23)26)16-33(4)28(37-27)18-9-11-20(30)12-10-18;;/h7-15,28H,6,16-17H2,1-5H3;1H4;1H. The second-order valence-electron chi connectivity index (χ2n) is 9.64. The van der Waals surface area contributed by atoms with E-state index < -0.39 is 6.23 Å². The molecule has 5 rings (SSSR count). The molecule has 39 heavy (non-hydrogen) atoms. The van der Waals surface area contributed by atoms with Crippen LogP contribution in [0.1, 0.15) is 47.8 Å². The van der Waals surface area contributed by atoms with Gasteiger partial charge in [0.25, 0.3) is 0 Å². The molecular weight excluding hydrogens is 519 g/mol. The molecule has 0 aliphatic carbocycles. The van der Waals surface area contributed by atoms with Gasteiger partial charge in [0.1, 0.15) is 11.6 Å². The van der Waals surface area contributed by atoms with Gasteiger partial charge in [-0.2, -0.15) is 0 Å². The van der Waals surface area contributed by atoms with Crippen LogP contribution in [0.25, 0.3) is 22.0 Å². The van der Waals surface area contributed by atoms with Crippen molar-refractivity contribution in [1.82, 2.24) is 19.4 Å². The van der Waals surface area contributed by atoms with Crippen LogP contribution in [0.15, 0.2) is 54.9 Å². The van der Waals surface area contributed by atoms with Gasteiger partial charge in [-0.05, 0) is 52.3 Å². The molecule has 9 heteroatoms. The molecule has 0 N–H and O–H groups in total. The van der Waals surface area contributed by atoms with E-state index in [1.165, 1.54) is 12.1 Å². The van der Waals surface area contributed by atoms with E-state index in [1.54, 1.807) is 18.3 Å². The van der Waals surface area contributed by atoms with Gasteiger partial charge in [-0.25, -0.2) is 9.18 Å². The Morgan fingerprint density at radius 2 is 1.92 bits per heavy atom. The number of aromatic nitrogens is 2. The van der Waals surface area contributed by atoms with Crippen molar-refractivity contribution >= 4 is 29.3 Å². The minimum atomic E-state index is -0.419. The number of rotatable bonds is 6. The molecule has 0 spiro atoms. The molecule has 0 radical (unpaired) electrons. The van der Waals surface area contributed by atoms with Crippen molar-refractivity contribution in [2.75, 3.05) is 27.7 Å². The van der Waals surface area contributed by atoms with Crippen molar-refractivity contribution in [3.63, 3.8) is 0 Å². The number of pyridine rings is 1. The molecule has 0 saturated carbocycles. The predicted octanol–water partition coefficient (Wildman–Crippen LogP) is 6.20. The molecule has 0 saturated heterocycles. The monoisotopic (exact) mass is 554 g/mol. The zero-order chi connectivity index (χ0) is 26.3. The number of carbonyl (C=O) groups excluding carboxylic acids is 1. The van der Waals surface area contributed by atoms with Crippen LogP contribution in [0.5, 0.6) is 5.75 Å². The fourth-order valence-electron chi connectivity index (χ4n) is 5.12. The molecule has 1 unspecified atom stereocenters. The van der Waals surface area contributed by atoms with Crippen LogP contribution in [0.4, 0.5) is 4.39 Å². The van der Waals surface area contributed by atoms with E-state index in [0.29, 0.717) is 24.4 Å². The van der Waals surface area contributed by atoms with Crippen molar-refractivity contribution in [3.8, 4) is 16.9 Å². The number of aryl methyl sites for hydroxylation is 1. The van der Waals surface area contributed by atoms with Crippen LogP contribution in [-0.4, -0.2) is 53.1 Å². The van der Waals surface area contributed by atoms with Gasteiger partial charge >= 0.3 is 5.97 Å². The van der Waals surface area contributed by atoms with Gasteiger partial charge < -0.3 is 18.9 Å². The van der Waals surface area contributed by atoms with Crippen LogP contribution < -0.4 is 4.74 Å². The molecule has 2 aromatic carbocycles. The number of esters is 1. The number of benzene rings is 2. The number of hydrogen-bond acceptors (Lipinski definition) is 6. The topological polar surface area (TPSA) is 59.8 Å². The Bertz CT molecular complexity index is 1460. The number of nitrogens with zero attached hydrogens (tertiary/aromatic N) is 4. The number of hydrogen-bond donors (Lipinski definition) is 0. The van der Waals surface area contributed by atoms with Gasteiger partial charge in [0.2, 0.25) is 0 Å². The van der Waals surface area contributed by atoms with Crippen molar-refractivity contribution < 1.29 is 18.7 Å². The highest BCUT2D eigenvalue weighted by atomic mass is 35.5. The third-order valence-corrected chi connectivity index (χ3v) is 6.77. The van der Waals surface area contributed by atoms with Crippen LogP contribution in [0.2, 0.25) is 0 Å². The van der Waals surface area contributed by atoms with Gasteiger partial charge in [-0.3, -0.25) is 9.88 Å². The van der Waals surface area contributed by atoms with Crippen LogP contribution in [-0.2, 0) is 24.9 Å². The first-order valence-corrected chi connectivity index (χ1v) is 12.3. The lowest BCUT2D eigenvalue weighted by atomic mass is 9.95. The Kier molecular flexibility index (Phi) is 9.38. The summed E-state index contributed by atoms with van der Waals surface area (Å²) in [5, 5.41) is 0.838. The van der Waals surface area contributed by atoms with E-state index in [2.05, 4.69) is 20.5 Å². The first kappa shape index (κ1) is 30.1. The second kappa shape index (κ2) is 12.2. The quantitative estimate of drug-likeness (QED) is 0.265. The molecule has 208 valence electrons. The Morgan fingerprint density at radius 3 is 2.54 bits per heavy atom. The summed E-state index contributed by atoms with van der Waals surface area (Å²) in [6.07, 6.45) is 3.13. The molecule has 0 amide bonds. The molecule has 0 fully saturated rings. The predicted molar refractivity (Wildman–Crippen MR) is 155 cm³/mol. The Morgan fingerprint density at radius 1 is 1.21 bits per heavy atom. The second-order valence-corrected chi connectivity index (χ2v) is 9.64. The van der Waals surface area contributed by atoms with E-state index >= 15 is 0 Å². The lowest BCUT2D eigenvalue weighted by Crippen LogP contribution is -2.33. The smallest absolute Gasteiger partial charge is 0.340 e. The van der Waals surface area contributed by atoms with Crippen molar-refractivity contribution in [2.45, 2.75) is 33.7 Å². The number of carbonyl (C=O) groups is 1. The average Bonchev–Trinajstić information content (AvgIpc) is 3.15. The lowest BCUT2D eigenvalue weighted by molar-refractivity contribution is 0.0187. The summed E-state index contributed by atoms with van der Waals surface area (Å²) >= 11 is 0. The highest BCUT2D eigenvalue weighted by Gasteiger charge is 2.34. The van der Waals surface area contributed by atoms with Crippen LogP contribution in [0.3, 0.4) is 0 Å². The number of halogens is 2. The van der Waals surface area contributed by atoms with Crippen molar-refractivity contribution in [2.24, 2.45) is 7.05 Å². The molecule has 0 bridgehead atoms. The fourth-order valence-corrected chi connectivity index (χ4v) is 5.12. The van der Waals surface area contributed by atoms with Crippen molar-refractivity contribution in [1.29, 1.82) is 0 Å². The van der Waals surface area contributed by atoms with Gasteiger partial charge in [0, 0.05) is 65.9 Å². The first-order chi connectivity index (χ1) is 17.8. The summed E-state index contributed by atoms with van der Waals surface area (Å²) in [5.74, 6) is 0.0576. The summed E-state index contributed by atoms with van der Waals surface area (Å²) in [6.45, 7) is 3.20. The molecular formula is C30H36ClFN4O3. The van der Waals surface area contributed by atoms with E-state index in [0.717, 1.165) is 38.9 Å². The van der Waals surface area contributed by atoms with E-state index in [9.17, 15) is 9.18 Å². The highest BCUT2D eigenvalue weighted by Crippen LogP contribution is 2.47. The molecule has 1 atom stereocenters. The maximum absolute atomic E-state index is 13.7. The van der Waals surface area contributed by atoms with Gasteiger partial charge in [0.05, 0.1) is 17.7 Å². The third-order valence-electron chi connectivity index (χ3n) is 6.77. The van der Waals surface area contributed by atoms with Crippen LogP contribution in [0, 0.1) is 5.82 Å². The Labute approximate surface area is 235 Å². The zero-order valence-electron chi connectivity index (χ0n) is 22.2.